The van der Waals surface area contributed by atoms with Gasteiger partial charge in [-0.2, -0.15) is 0 Å². The number of piperidine rings is 1. The highest BCUT2D eigenvalue weighted by Gasteiger charge is 2.45. The molecule has 1 amide bonds. The van der Waals surface area contributed by atoms with Crippen molar-refractivity contribution in [1.29, 1.82) is 0 Å². The third kappa shape index (κ3) is 2.68. The van der Waals surface area contributed by atoms with Crippen molar-refractivity contribution in [3.63, 3.8) is 0 Å². The quantitative estimate of drug-likeness (QED) is 0.667. The summed E-state index contributed by atoms with van der Waals surface area (Å²) >= 11 is 0. The average molecular weight is 253 g/mol. The third-order valence-electron chi connectivity index (χ3n) is 4.00. The molecule has 1 aliphatic heterocycles. The fourth-order valence-corrected chi connectivity index (χ4v) is 2.97. The summed E-state index contributed by atoms with van der Waals surface area (Å²) < 4.78 is 5.31. The van der Waals surface area contributed by atoms with Crippen molar-refractivity contribution in [3.8, 4) is 0 Å². The number of likely N-dealkylation sites (tertiary alicyclic amines) is 1. The van der Waals surface area contributed by atoms with Crippen LogP contribution in [-0.4, -0.2) is 35.5 Å². The molecule has 4 heteroatoms. The van der Waals surface area contributed by atoms with Gasteiger partial charge in [0.05, 0.1) is 6.54 Å². The molecule has 18 heavy (non-hydrogen) atoms. The summed E-state index contributed by atoms with van der Waals surface area (Å²) in [5, 5.41) is 0. The predicted molar refractivity (Wildman–Crippen MR) is 68.3 cm³/mol. The molecule has 0 aromatic heterocycles. The van der Waals surface area contributed by atoms with Gasteiger partial charge in [0.2, 0.25) is 0 Å². The van der Waals surface area contributed by atoms with Crippen molar-refractivity contribution in [3.05, 3.63) is 0 Å². The standard InChI is InChI=1S/C14H23NO3/c1-13(2,3)18-12(17)15-9-8-14(11(16)10-15)6-4-5-7-14/h4-10H2,1-3H3. The van der Waals surface area contributed by atoms with E-state index in [4.69, 9.17) is 4.74 Å². The molecule has 0 unspecified atom stereocenters. The van der Waals surface area contributed by atoms with E-state index in [1.54, 1.807) is 4.90 Å². The monoisotopic (exact) mass is 253 g/mol. The summed E-state index contributed by atoms with van der Waals surface area (Å²) in [7, 11) is 0. The highest BCUT2D eigenvalue weighted by Crippen LogP contribution is 2.44. The topological polar surface area (TPSA) is 46.6 Å². The Bertz CT molecular complexity index is 351. The van der Waals surface area contributed by atoms with Crippen molar-refractivity contribution in [2.45, 2.75) is 58.5 Å². The lowest BCUT2D eigenvalue weighted by Gasteiger charge is -2.38. The van der Waals surface area contributed by atoms with Crippen LogP contribution in [0.2, 0.25) is 0 Å². The number of nitrogens with zero attached hydrogens (tertiary/aromatic N) is 1. The van der Waals surface area contributed by atoms with Gasteiger partial charge in [0, 0.05) is 12.0 Å². The van der Waals surface area contributed by atoms with Gasteiger partial charge in [-0.05, 0) is 40.0 Å². The lowest BCUT2D eigenvalue weighted by atomic mass is 9.76. The minimum absolute atomic E-state index is 0.113. The number of rotatable bonds is 0. The first-order chi connectivity index (χ1) is 8.32. The minimum atomic E-state index is -0.497. The highest BCUT2D eigenvalue weighted by atomic mass is 16.6. The molecule has 0 bridgehead atoms. The second kappa shape index (κ2) is 4.56. The zero-order valence-electron chi connectivity index (χ0n) is 11.6. The van der Waals surface area contributed by atoms with Crippen LogP contribution >= 0.6 is 0 Å². The number of amides is 1. The fraction of sp³-hybridized carbons (Fsp3) is 0.857. The van der Waals surface area contributed by atoms with Crippen molar-refractivity contribution < 1.29 is 14.3 Å². The molecule has 1 saturated heterocycles. The number of carbonyl (C=O) groups is 2. The first kappa shape index (κ1) is 13.4. The van der Waals surface area contributed by atoms with Crippen LogP contribution in [0.1, 0.15) is 52.9 Å². The van der Waals surface area contributed by atoms with E-state index >= 15 is 0 Å². The summed E-state index contributed by atoms with van der Waals surface area (Å²) in [5.74, 6) is 0.233. The lowest BCUT2D eigenvalue weighted by Crippen LogP contribution is -2.50. The number of Topliss-reactive ketones (excluding diaryl/α,β-unsaturated/α-hetero) is 1. The Balaban J connectivity index is 1.96. The molecule has 0 radical (unpaired) electrons. The zero-order valence-corrected chi connectivity index (χ0v) is 11.6. The van der Waals surface area contributed by atoms with E-state index in [9.17, 15) is 9.59 Å². The highest BCUT2D eigenvalue weighted by molar-refractivity contribution is 5.90. The number of hydrogen-bond acceptors (Lipinski definition) is 3. The van der Waals surface area contributed by atoms with Gasteiger partial charge in [0.1, 0.15) is 5.60 Å². The fourth-order valence-electron chi connectivity index (χ4n) is 2.97. The van der Waals surface area contributed by atoms with Gasteiger partial charge in [0.15, 0.2) is 5.78 Å². The van der Waals surface area contributed by atoms with Gasteiger partial charge >= 0.3 is 6.09 Å². The Labute approximate surface area is 109 Å². The molecule has 2 aliphatic rings. The van der Waals surface area contributed by atoms with Crippen molar-refractivity contribution in [1.82, 2.24) is 4.90 Å². The second-order valence-corrected chi connectivity index (χ2v) is 6.56. The smallest absolute Gasteiger partial charge is 0.410 e. The molecule has 1 spiro atoms. The Kier molecular flexibility index (Phi) is 3.39. The number of carbonyl (C=O) groups excluding carboxylic acids is 2. The van der Waals surface area contributed by atoms with Crippen LogP contribution in [0.25, 0.3) is 0 Å². The summed E-state index contributed by atoms with van der Waals surface area (Å²) in [6, 6.07) is 0. The summed E-state index contributed by atoms with van der Waals surface area (Å²) in [5.41, 5.74) is -0.610. The SMILES string of the molecule is CC(C)(C)OC(=O)N1CCC2(CCCC2)C(=O)C1. The van der Waals surface area contributed by atoms with E-state index in [0.717, 1.165) is 32.1 Å². The van der Waals surface area contributed by atoms with Gasteiger partial charge in [0.25, 0.3) is 0 Å². The van der Waals surface area contributed by atoms with E-state index in [-0.39, 0.29) is 23.8 Å². The Morgan fingerprint density at radius 1 is 1.22 bits per heavy atom. The number of ether oxygens (including phenoxy) is 1. The number of hydrogen-bond donors (Lipinski definition) is 0. The van der Waals surface area contributed by atoms with Crippen LogP contribution < -0.4 is 0 Å². The van der Waals surface area contributed by atoms with Gasteiger partial charge in [-0.25, -0.2) is 4.79 Å². The second-order valence-electron chi connectivity index (χ2n) is 6.56. The van der Waals surface area contributed by atoms with Crippen LogP contribution in [-0.2, 0) is 9.53 Å². The van der Waals surface area contributed by atoms with Crippen LogP contribution in [0.5, 0.6) is 0 Å². The van der Waals surface area contributed by atoms with Crippen LogP contribution in [0.3, 0.4) is 0 Å². The Morgan fingerprint density at radius 2 is 1.83 bits per heavy atom. The van der Waals surface area contributed by atoms with E-state index in [2.05, 4.69) is 0 Å². The zero-order chi connectivity index (χ0) is 13.4. The molecule has 1 aliphatic carbocycles. The van der Waals surface area contributed by atoms with Gasteiger partial charge in [-0.1, -0.05) is 12.8 Å². The minimum Gasteiger partial charge on any atom is -0.444 e. The molecule has 1 heterocycles. The maximum absolute atomic E-state index is 12.2. The van der Waals surface area contributed by atoms with Gasteiger partial charge in [-0.3, -0.25) is 4.79 Å². The summed E-state index contributed by atoms with van der Waals surface area (Å²) in [6.07, 6.45) is 4.77. The van der Waals surface area contributed by atoms with Crippen molar-refractivity contribution in [2.75, 3.05) is 13.1 Å². The van der Waals surface area contributed by atoms with Gasteiger partial charge < -0.3 is 9.64 Å². The molecule has 1 saturated carbocycles. The van der Waals surface area contributed by atoms with Gasteiger partial charge in [-0.15, -0.1) is 0 Å². The normalized spacial score (nSPS) is 23.5. The predicted octanol–water partition coefficient (Wildman–Crippen LogP) is 2.76. The molecule has 0 aromatic rings. The molecule has 4 nitrogen and oxygen atoms in total. The molecule has 2 rings (SSSR count). The van der Waals surface area contributed by atoms with E-state index in [1.807, 2.05) is 20.8 Å². The van der Waals surface area contributed by atoms with Crippen LogP contribution in [0, 0.1) is 5.41 Å². The first-order valence-electron chi connectivity index (χ1n) is 6.84. The molecular weight excluding hydrogens is 230 g/mol. The van der Waals surface area contributed by atoms with E-state index in [1.165, 1.54) is 0 Å². The average Bonchev–Trinajstić information content (AvgIpc) is 2.69. The number of ketones is 1. The summed E-state index contributed by atoms with van der Waals surface area (Å²) in [4.78, 5) is 25.7. The van der Waals surface area contributed by atoms with Crippen LogP contribution in [0.4, 0.5) is 4.79 Å². The van der Waals surface area contributed by atoms with Crippen LogP contribution in [0.15, 0.2) is 0 Å². The molecular formula is C14H23NO3. The van der Waals surface area contributed by atoms with E-state index < -0.39 is 5.60 Å². The molecule has 0 aromatic carbocycles. The molecule has 0 N–H and O–H groups in total. The molecule has 0 atom stereocenters. The Morgan fingerprint density at radius 3 is 2.33 bits per heavy atom. The summed E-state index contributed by atoms with van der Waals surface area (Å²) in [6.45, 7) is 6.41. The molecule has 102 valence electrons. The van der Waals surface area contributed by atoms with E-state index in [0.29, 0.717) is 6.54 Å². The maximum atomic E-state index is 12.2. The third-order valence-corrected chi connectivity index (χ3v) is 4.00. The first-order valence-corrected chi connectivity index (χ1v) is 6.84. The Hall–Kier alpha value is -1.06. The van der Waals surface area contributed by atoms with Crippen molar-refractivity contribution >= 4 is 11.9 Å². The van der Waals surface area contributed by atoms with Crippen molar-refractivity contribution in [2.24, 2.45) is 5.41 Å². The molecule has 2 fully saturated rings. The maximum Gasteiger partial charge on any atom is 0.410 e. The lowest BCUT2D eigenvalue weighted by molar-refractivity contribution is -0.133. The largest absolute Gasteiger partial charge is 0.444 e.